The van der Waals surface area contributed by atoms with Gasteiger partial charge in [-0.2, -0.15) is 0 Å². The lowest BCUT2D eigenvalue weighted by molar-refractivity contribution is 0.559. The Morgan fingerprint density at radius 2 is 1.38 bits per heavy atom. The molecule has 2 aromatic carbocycles. The van der Waals surface area contributed by atoms with E-state index in [1.165, 1.54) is 22.3 Å². The quantitative estimate of drug-likeness (QED) is 0.780. The highest BCUT2D eigenvalue weighted by molar-refractivity contribution is 5.76. The summed E-state index contributed by atoms with van der Waals surface area (Å²) in [4.78, 5) is 2.09. The van der Waals surface area contributed by atoms with Crippen LogP contribution in [0.1, 0.15) is 34.6 Å². The predicted molar refractivity (Wildman–Crippen MR) is 91.1 cm³/mol. The van der Waals surface area contributed by atoms with Gasteiger partial charge in [0.25, 0.3) is 0 Å². The minimum absolute atomic E-state index is 0.420. The van der Waals surface area contributed by atoms with Gasteiger partial charge in [0.1, 0.15) is 0 Å². The zero-order chi connectivity index (χ0) is 14.7. The lowest BCUT2D eigenvalue weighted by atomic mass is 9.85. The molecule has 1 nitrogen and oxygen atoms in total. The molecule has 2 aromatic rings. The van der Waals surface area contributed by atoms with E-state index in [1.54, 1.807) is 0 Å². The average molecular weight is 275 g/mol. The van der Waals surface area contributed by atoms with Crippen molar-refractivity contribution < 1.29 is 0 Å². The lowest BCUT2D eigenvalue weighted by Crippen LogP contribution is -2.04. The Hall–Kier alpha value is -2.28. The molecule has 0 saturated heterocycles. The number of hydrogen-bond acceptors (Lipinski definition) is 1. The fourth-order valence-corrected chi connectivity index (χ4v) is 2.97. The van der Waals surface area contributed by atoms with Crippen LogP contribution in [0.25, 0.3) is 12.2 Å². The summed E-state index contributed by atoms with van der Waals surface area (Å²) >= 11 is 0. The van der Waals surface area contributed by atoms with Crippen molar-refractivity contribution in [3.8, 4) is 0 Å². The monoisotopic (exact) mass is 275 g/mol. The van der Waals surface area contributed by atoms with E-state index in [0.717, 1.165) is 6.42 Å². The van der Waals surface area contributed by atoms with Gasteiger partial charge in [-0.25, -0.2) is 0 Å². The highest BCUT2D eigenvalue weighted by Gasteiger charge is 2.19. The Balaban J connectivity index is 2.06. The molecule has 0 amide bonds. The van der Waals surface area contributed by atoms with Gasteiger partial charge < -0.3 is 4.90 Å². The molecule has 0 spiro atoms. The Kier molecular flexibility index (Phi) is 3.92. The molecule has 0 radical (unpaired) electrons. The Morgan fingerprint density at radius 3 is 1.90 bits per heavy atom. The molecule has 1 heteroatoms. The van der Waals surface area contributed by atoms with Crippen molar-refractivity contribution in [2.24, 2.45) is 0 Å². The number of allylic oxidation sites excluding steroid dienone is 1. The van der Waals surface area contributed by atoms with E-state index in [9.17, 15) is 0 Å². The summed E-state index contributed by atoms with van der Waals surface area (Å²) in [6.07, 6.45) is 9.91. The maximum Gasteiger partial charge on any atom is 0.0136 e. The Labute approximate surface area is 127 Å². The molecular weight excluding hydrogens is 254 g/mol. The van der Waals surface area contributed by atoms with Crippen LogP contribution in [0, 0.1) is 0 Å². The van der Waals surface area contributed by atoms with Crippen LogP contribution in [-0.2, 0) is 0 Å². The third kappa shape index (κ3) is 2.92. The van der Waals surface area contributed by atoms with Crippen molar-refractivity contribution in [1.82, 2.24) is 4.90 Å². The Bertz CT molecular complexity index is 630. The topological polar surface area (TPSA) is 3.24 Å². The van der Waals surface area contributed by atoms with Crippen LogP contribution in [0.3, 0.4) is 0 Å². The normalized spacial score (nSPS) is 13.8. The average Bonchev–Trinajstić information content (AvgIpc) is 2.65. The first-order valence-electron chi connectivity index (χ1n) is 7.45. The molecular formula is C20H21N. The van der Waals surface area contributed by atoms with Crippen LogP contribution >= 0.6 is 0 Å². The third-order valence-electron chi connectivity index (χ3n) is 3.96. The summed E-state index contributed by atoms with van der Waals surface area (Å²) in [6.45, 7) is 0. The van der Waals surface area contributed by atoms with Gasteiger partial charge in [-0.05, 0) is 34.9 Å². The highest BCUT2D eigenvalue weighted by Crippen LogP contribution is 2.36. The van der Waals surface area contributed by atoms with Crippen molar-refractivity contribution in [2.75, 3.05) is 14.1 Å². The predicted octanol–water partition coefficient (Wildman–Crippen LogP) is 4.77. The molecule has 0 N–H and O–H groups in total. The second kappa shape index (κ2) is 6.01. The van der Waals surface area contributed by atoms with Crippen LogP contribution in [-0.4, -0.2) is 19.0 Å². The number of benzene rings is 2. The standard InChI is InChI=1S/C20H21N/c1-21(2)15-7-12-20-18-10-5-3-8-16(18)13-14-17-9-4-6-11-19(17)20/h3-11,13-15,20H,12H2,1-2H3. The lowest BCUT2D eigenvalue weighted by Gasteiger charge is -2.19. The van der Waals surface area contributed by atoms with Gasteiger partial charge in [-0.3, -0.25) is 0 Å². The summed E-state index contributed by atoms with van der Waals surface area (Å²) in [7, 11) is 4.13. The summed E-state index contributed by atoms with van der Waals surface area (Å²) < 4.78 is 0. The molecule has 3 rings (SSSR count). The smallest absolute Gasteiger partial charge is 0.0136 e. The zero-order valence-corrected chi connectivity index (χ0v) is 12.7. The summed E-state index contributed by atoms with van der Waals surface area (Å²) in [5.74, 6) is 0.420. The fraction of sp³-hybridized carbons (Fsp3) is 0.200. The van der Waals surface area contributed by atoms with Crippen molar-refractivity contribution in [3.05, 3.63) is 83.1 Å². The van der Waals surface area contributed by atoms with Crippen molar-refractivity contribution >= 4 is 12.2 Å². The first-order valence-corrected chi connectivity index (χ1v) is 7.45. The molecule has 1 aliphatic carbocycles. The number of fused-ring (bicyclic) bond motifs is 2. The molecule has 0 atom stereocenters. The molecule has 0 heterocycles. The molecule has 0 unspecified atom stereocenters. The first kappa shape index (κ1) is 13.7. The van der Waals surface area contributed by atoms with Gasteiger partial charge >= 0.3 is 0 Å². The van der Waals surface area contributed by atoms with Gasteiger partial charge in [0, 0.05) is 20.0 Å². The van der Waals surface area contributed by atoms with Gasteiger partial charge in [0.05, 0.1) is 0 Å². The van der Waals surface area contributed by atoms with Gasteiger partial charge in [0.2, 0.25) is 0 Å². The number of nitrogens with zero attached hydrogens (tertiary/aromatic N) is 1. The minimum Gasteiger partial charge on any atom is -0.384 e. The second-order valence-electron chi connectivity index (χ2n) is 5.73. The van der Waals surface area contributed by atoms with Crippen LogP contribution in [0.5, 0.6) is 0 Å². The molecule has 106 valence electrons. The van der Waals surface area contributed by atoms with E-state index in [2.05, 4.69) is 92.0 Å². The molecule has 1 aliphatic rings. The summed E-state index contributed by atoms with van der Waals surface area (Å²) in [6, 6.07) is 17.5. The van der Waals surface area contributed by atoms with Gasteiger partial charge in [0.15, 0.2) is 0 Å². The number of rotatable bonds is 3. The second-order valence-corrected chi connectivity index (χ2v) is 5.73. The molecule has 21 heavy (non-hydrogen) atoms. The molecule has 0 bridgehead atoms. The van der Waals surface area contributed by atoms with E-state index in [4.69, 9.17) is 0 Å². The maximum absolute atomic E-state index is 2.27. The number of hydrogen-bond donors (Lipinski definition) is 0. The minimum atomic E-state index is 0.420. The van der Waals surface area contributed by atoms with Crippen LogP contribution in [0.15, 0.2) is 60.8 Å². The van der Waals surface area contributed by atoms with Crippen molar-refractivity contribution in [3.63, 3.8) is 0 Å². The van der Waals surface area contributed by atoms with E-state index in [1.807, 2.05) is 0 Å². The maximum atomic E-state index is 2.27. The van der Waals surface area contributed by atoms with Crippen LogP contribution in [0.4, 0.5) is 0 Å². The molecule has 0 saturated carbocycles. The van der Waals surface area contributed by atoms with Gasteiger partial charge in [-0.1, -0.05) is 66.8 Å². The van der Waals surface area contributed by atoms with Crippen LogP contribution < -0.4 is 0 Å². The van der Waals surface area contributed by atoms with Crippen molar-refractivity contribution in [1.29, 1.82) is 0 Å². The summed E-state index contributed by atoms with van der Waals surface area (Å²) in [5.41, 5.74) is 5.50. The molecule has 0 fully saturated rings. The van der Waals surface area contributed by atoms with Crippen molar-refractivity contribution in [2.45, 2.75) is 12.3 Å². The van der Waals surface area contributed by atoms with E-state index >= 15 is 0 Å². The fourth-order valence-electron chi connectivity index (χ4n) is 2.97. The highest BCUT2D eigenvalue weighted by atomic mass is 15.0. The largest absolute Gasteiger partial charge is 0.384 e. The molecule has 0 aliphatic heterocycles. The third-order valence-corrected chi connectivity index (χ3v) is 3.96. The first-order chi connectivity index (χ1) is 10.3. The van der Waals surface area contributed by atoms with E-state index in [-0.39, 0.29) is 0 Å². The van der Waals surface area contributed by atoms with E-state index in [0.29, 0.717) is 5.92 Å². The SMILES string of the molecule is CN(C)C=CCC1c2ccccc2C=Cc2ccccc21. The van der Waals surface area contributed by atoms with Crippen LogP contribution in [0.2, 0.25) is 0 Å². The molecule has 0 aromatic heterocycles. The van der Waals surface area contributed by atoms with Gasteiger partial charge in [-0.15, -0.1) is 0 Å². The Morgan fingerprint density at radius 1 is 0.857 bits per heavy atom. The summed E-state index contributed by atoms with van der Waals surface area (Å²) in [5, 5.41) is 0. The van der Waals surface area contributed by atoms with E-state index < -0.39 is 0 Å². The zero-order valence-electron chi connectivity index (χ0n) is 12.7.